The van der Waals surface area contributed by atoms with Gasteiger partial charge in [-0.3, -0.25) is 9.69 Å². The topological polar surface area (TPSA) is 84.3 Å². The Bertz CT molecular complexity index is 1310. The van der Waals surface area contributed by atoms with Crippen LogP contribution in [0, 0.1) is 6.92 Å². The molecule has 5 rings (SSSR count). The van der Waals surface area contributed by atoms with Gasteiger partial charge in [0.15, 0.2) is 0 Å². The Morgan fingerprint density at radius 1 is 1.12 bits per heavy atom. The average molecular weight is 614 g/mol. The maximum absolute atomic E-state index is 13.9. The molecular weight excluding hydrogens is 575 g/mol. The minimum absolute atomic E-state index is 0.0327. The third-order valence-corrected chi connectivity index (χ3v) is 11.6. The quantitative estimate of drug-likeness (QED) is 0.448. The molecule has 0 bridgehead atoms. The molecule has 1 aromatic carbocycles. The van der Waals surface area contributed by atoms with E-state index < -0.39 is 16.1 Å². The van der Waals surface area contributed by atoms with Gasteiger partial charge in [-0.25, -0.2) is 8.42 Å². The monoisotopic (exact) mass is 612 g/mol. The van der Waals surface area contributed by atoms with Crippen molar-refractivity contribution in [2.75, 3.05) is 53.1 Å². The van der Waals surface area contributed by atoms with Crippen LogP contribution in [0.2, 0.25) is 10.0 Å². The first kappa shape index (κ1) is 29.8. The van der Waals surface area contributed by atoms with Crippen molar-refractivity contribution in [1.29, 1.82) is 0 Å². The van der Waals surface area contributed by atoms with Crippen LogP contribution in [0.15, 0.2) is 35.4 Å². The third kappa shape index (κ3) is 6.09. The number of nitrogens with zero attached hydrogens (tertiary/aromatic N) is 4. The molecule has 220 valence electrons. The van der Waals surface area contributed by atoms with Gasteiger partial charge in [-0.05, 0) is 56.4 Å². The standard InChI is InChI=1S/C28H38Cl2N4O5S/c1-20-8-9-23(29)28(27(20)30)40(36,37)34-12-11-33-10-4-7-24(33)25(34)18-39-19-26(35)31(2)21-5-3-6-22(17-21)32-13-15-38-16-14-32/h4,7-10,21-22,25H,3,5-6,11-19H2,1-2H3/t21-,22+,25?/m1/s1. The highest BCUT2D eigenvalue weighted by atomic mass is 35.5. The van der Waals surface area contributed by atoms with Crippen molar-refractivity contribution in [3.05, 3.63) is 51.8 Å². The van der Waals surface area contributed by atoms with E-state index in [4.69, 9.17) is 32.7 Å². The summed E-state index contributed by atoms with van der Waals surface area (Å²) in [7, 11) is -2.20. The summed E-state index contributed by atoms with van der Waals surface area (Å²) in [5, 5.41) is 0.198. The smallest absolute Gasteiger partial charge is 0.248 e. The molecule has 40 heavy (non-hydrogen) atoms. The molecule has 1 saturated carbocycles. The fourth-order valence-corrected chi connectivity index (χ4v) is 8.93. The van der Waals surface area contributed by atoms with Gasteiger partial charge < -0.3 is 18.9 Å². The van der Waals surface area contributed by atoms with Crippen LogP contribution in [0.5, 0.6) is 0 Å². The zero-order chi connectivity index (χ0) is 28.4. The molecule has 1 saturated heterocycles. The van der Waals surface area contributed by atoms with Crippen molar-refractivity contribution in [1.82, 2.24) is 18.7 Å². The van der Waals surface area contributed by atoms with E-state index in [1.165, 1.54) is 4.31 Å². The number of hydrogen-bond donors (Lipinski definition) is 0. The van der Waals surface area contributed by atoms with E-state index in [2.05, 4.69) is 4.90 Å². The molecule has 2 aliphatic heterocycles. The predicted octanol–water partition coefficient (Wildman–Crippen LogP) is 3.97. The molecule has 1 unspecified atom stereocenters. The number of hydrogen-bond acceptors (Lipinski definition) is 6. The first-order chi connectivity index (χ1) is 19.2. The largest absolute Gasteiger partial charge is 0.379 e. The maximum atomic E-state index is 13.9. The number of benzene rings is 1. The number of carbonyl (C=O) groups excluding carboxylic acids is 1. The van der Waals surface area contributed by atoms with Gasteiger partial charge >= 0.3 is 0 Å². The zero-order valence-electron chi connectivity index (χ0n) is 23.1. The minimum atomic E-state index is -4.05. The van der Waals surface area contributed by atoms with Crippen LogP contribution in [0.25, 0.3) is 0 Å². The Morgan fingerprint density at radius 2 is 1.90 bits per heavy atom. The van der Waals surface area contributed by atoms with Crippen LogP contribution in [-0.4, -0.2) is 98.2 Å². The number of rotatable bonds is 8. The number of ether oxygens (including phenoxy) is 2. The Kier molecular flexibility index (Phi) is 9.46. The number of morpholine rings is 1. The van der Waals surface area contributed by atoms with Gasteiger partial charge in [-0.2, -0.15) is 4.31 Å². The summed E-state index contributed by atoms with van der Waals surface area (Å²) in [4.78, 5) is 17.4. The first-order valence-corrected chi connectivity index (χ1v) is 16.1. The predicted molar refractivity (Wildman–Crippen MR) is 154 cm³/mol. The van der Waals surface area contributed by atoms with Gasteiger partial charge in [0.2, 0.25) is 15.9 Å². The normalized spacial score (nSPS) is 24.6. The van der Waals surface area contributed by atoms with Crippen LogP contribution < -0.4 is 0 Å². The van der Waals surface area contributed by atoms with E-state index >= 15 is 0 Å². The van der Waals surface area contributed by atoms with Crippen LogP contribution >= 0.6 is 23.2 Å². The van der Waals surface area contributed by atoms with Gasteiger partial charge in [0, 0.05) is 57.2 Å². The summed E-state index contributed by atoms with van der Waals surface area (Å²) in [5.41, 5.74) is 1.43. The minimum Gasteiger partial charge on any atom is -0.379 e. The Labute approximate surface area is 246 Å². The van der Waals surface area contributed by atoms with Crippen molar-refractivity contribution in [3.8, 4) is 0 Å². The van der Waals surface area contributed by atoms with Crippen LogP contribution in [0.4, 0.5) is 0 Å². The van der Waals surface area contributed by atoms with E-state index in [0.29, 0.717) is 18.2 Å². The summed E-state index contributed by atoms with van der Waals surface area (Å²) >= 11 is 12.8. The molecule has 3 atom stereocenters. The second-order valence-electron chi connectivity index (χ2n) is 10.9. The first-order valence-electron chi connectivity index (χ1n) is 13.9. The SMILES string of the molecule is Cc1ccc(Cl)c(S(=O)(=O)N2CCn3cccc3C2COCC(=O)N(C)[C@@H]2CCC[C@H](N3CCOCC3)C2)c1Cl. The number of amides is 1. The lowest BCUT2D eigenvalue weighted by atomic mass is 9.89. The van der Waals surface area contributed by atoms with E-state index in [1.807, 2.05) is 34.8 Å². The van der Waals surface area contributed by atoms with E-state index in [1.54, 1.807) is 19.1 Å². The van der Waals surface area contributed by atoms with Crippen molar-refractivity contribution >= 4 is 39.1 Å². The Hall–Kier alpha value is -1.66. The highest BCUT2D eigenvalue weighted by molar-refractivity contribution is 7.89. The summed E-state index contributed by atoms with van der Waals surface area (Å²) in [6.07, 6.45) is 6.08. The lowest BCUT2D eigenvalue weighted by Crippen LogP contribution is -2.50. The number of likely N-dealkylation sites (N-methyl/N-ethyl adjacent to an activating group) is 1. The molecule has 0 N–H and O–H groups in total. The second-order valence-corrected chi connectivity index (χ2v) is 13.5. The van der Waals surface area contributed by atoms with Gasteiger partial charge in [-0.1, -0.05) is 29.3 Å². The molecular formula is C28H38Cl2N4O5S. The molecule has 0 spiro atoms. The zero-order valence-corrected chi connectivity index (χ0v) is 25.4. The molecule has 12 heteroatoms. The van der Waals surface area contributed by atoms with Crippen molar-refractivity contribution in [2.45, 2.75) is 62.2 Å². The number of fused-ring (bicyclic) bond motifs is 1. The number of carbonyl (C=O) groups is 1. The average Bonchev–Trinajstić information content (AvgIpc) is 3.44. The van der Waals surface area contributed by atoms with E-state index in [-0.39, 0.29) is 46.6 Å². The van der Waals surface area contributed by atoms with Crippen LogP contribution in [0.1, 0.15) is 43.0 Å². The van der Waals surface area contributed by atoms with E-state index in [9.17, 15) is 13.2 Å². The molecule has 0 radical (unpaired) electrons. The molecule has 3 heterocycles. The number of aryl methyl sites for hydroxylation is 1. The molecule has 1 aliphatic carbocycles. The van der Waals surface area contributed by atoms with Crippen LogP contribution in [-0.2, 0) is 30.8 Å². The third-order valence-electron chi connectivity index (χ3n) is 8.55. The molecule has 9 nitrogen and oxygen atoms in total. The second kappa shape index (κ2) is 12.7. The fraction of sp³-hybridized carbons (Fsp3) is 0.607. The summed E-state index contributed by atoms with van der Waals surface area (Å²) in [6.45, 7) is 5.81. The van der Waals surface area contributed by atoms with Gasteiger partial charge in [-0.15, -0.1) is 0 Å². The molecule has 1 amide bonds. The molecule has 2 fully saturated rings. The van der Waals surface area contributed by atoms with Crippen LogP contribution in [0.3, 0.4) is 0 Å². The van der Waals surface area contributed by atoms with Gasteiger partial charge in [0.25, 0.3) is 0 Å². The lowest BCUT2D eigenvalue weighted by molar-refractivity contribution is -0.138. The molecule has 1 aromatic heterocycles. The lowest BCUT2D eigenvalue weighted by Gasteiger charge is -2.41. The highest BCUT2D eigenvalue weighted by Crippen LogP contribution is 2.38. The maximum Gasteiger partial charge on any atom is 0.248 e. The van der Waals surface area contributed by atoms with Gasteiger partial charge in [0.1, 0.15) is 11.5 Å². The Morgan fingerprint density at radius 3 is 2.67 bits per heavy atom. The van der Waals surface area contributed by atoms with Gasteiger partial charge in [0.05, 0.1) is 35.9 Å². The number of halogens is 2. The fourth-order valence-electron chi connectivity index (χ4n) is 6.21. The molecule has 2 aromatic rings. The number of aromatic nitrogens is 1. The van der Waals surface area contributed by atoms with Crippen molar-refractivity contribution < 1.29 is 22.7 Å². The van der Waals surface area contributed by atoms with Crippen molar-refractivity contribution in [2.24, 2.45) is 0 Å². The van der Waals surface area contributed by atoms with Crippen molar-refractivity contribution in [3.63, 3.8) is 0 Å². The highest BCUT2D eigenvalue weighted by Gasteiger charge is 2.39. The molecule has 3 aliphatic rings. The summed E-state index contributed by atoms with van der Waals surface area (Å²) in [6, 6.07) is 7.02. The summed E-state index contributed by atoms with van der Waals surface area (Å²) < 4.78 is 42.7. The summed E-state index contributed by atoms with van der Waals surface area (Å²) in [5.74, 6) is -0.0991. The number of sulfonamides is 1. The van der Waals surface area contributed by atoms with E-state index in [0.717, 1.165) is 57.7 Å². The Balaban J connectivity index is 1.26.